The van der Waals surface area contributed by atoms with Gasteiger partial charge < -0.3 is 5.32 Å². The summed E-state index contributed by atoms with van der Waals surface area (Å²) >= 11 is 0. The maximum atomic E-state index is 12.0. The first kappa shape index (κ1) is 10.6. The van der Waals surface area contributed by atoms with Crippen LogP contribution in [0, 0.1) is 0 Å². The van der Waals surface area contributed by atoms with Crippen molar-refractivity contribution >= 4 is 10.0 Å². The van der Waals surface area contributed by atoms with E-state index in [4.69, 9.17) is 0 Å². The Bertz CT molecular complexity index is 414. The molecule has 0 aliphatic carbocycles. The molecule has 1 aliphatic rings. The number of sulfonamides is 1. The Kier molecular flexibility index (Phi) is 2.76. The SMILES string of the molecule is CNC1CCN(S(=O)(=O)c2cn[nH]c2)C1. The van der Waals surface area contributed by atoms with Gasteiger partial charge in [-0.2, -0.15) is 9.40 Å². The zero-order valence-corrected chi connectivity index (χ0v) is 9.29. The number of rotatable bonds is 3. The first-order valence-corrected chi connectivity index (χ1v) is 6.25. The number of aromatic amines is 1. The van der Waals surface area contributed by atoms with Crippen LogP contribution in [-0.2, 0) is 10.0 Å². The van der Waals surface area contributed by atoms with E-state index >= 15 is 0 Å². The molecule has 2 N–H and O–H groups in total. The summed E-state index contributed by atoms with van der Waals surface area (Å²) in [7, 11) is -1.49. The summed E-state index contributed by atoms with van der Waals surface area (Å²) in [4.78, 5) is 0.235. The molecule has 7 heteroatoms. The van der Waals surface area contributed by atoms with Crippen LogP contribution in [0.15, 0.2) is 17.3 Å². The lowest BCUT2D eigenvalue weighted by Gasteiger charge is -2.14. The molecule has 0 radical (unpaired) electrons. The topological polar surface area (TPSA) is 78.1 Å². The Labute approximate surface area is 88.7 Å². The van der Waals surface area contributed by atoms with Crippen molar-refractivity contribution in [2.24, 2.45) is 0 Å². The molecular weight excluding hydrogens is 216 g/mol. The summed E-state index contributed by atoms with van der Waals surface area (Å²) in [5, 5.41) is 9.25. The zero-order chi connectivity index (χ0) is 10.9. The lowest BCUT2D eigenvalue weighted by molar-refractivity contribution is 0.464. The molecule has 2 rings (SSSR count). The van der Waals surface area contributed by atoms with Crippen LogP contribution in [0.25, 0.3) is 0 Å². The Morgan fingerprint density at radius 3 is 3.00 bits per heavy atom. The second-order valence-corrected chi connectivity index (χ2v) is 5.51. The van der Waals surface area contributed by atoms with Crippen LogP contribution >= 0.6 is 0 Å². The molecule has 1 aromatic heterocycles. The number of H-pyrrole nitrogens is 1. The normalized spacial score (nSPS) is 23.4. The number of aromatic nitrogens is 2. The van der Waals surface area contributed by atoms with E-state index in [1.165, 1.54) is 16.7 Å². The highest BCUT2D eigenvalue weighted by atomic mass is 32.2. The molecule has 0 amide bonds. The fourth-order valence-corrected chi connectivity index (χ4v) is 3.12. The van der Waals surface area contributed by atoms with Crippen LogP contribution in [0.1, 0.15) is 6.42 Å². The summed E-state index contributed by atoms with van der Waals surface area (Å²) in [6, 6.07) is 0.256. The molecule has 0 spiro atoms. The lowest BCUT2D eigenvalue weighted by atomic mass is 10.3. The van der Waals surface area contributed by atoms with Gasteiger partial charge in [0.2, 0.25) is 10.0 Å². The van der Waals surface area contributed by atoms with Gasteiger partial charge in [-0.25, -0.2) is 8.42 Å². The van der Waals surface area contributed by atoms with Gasteiger partial charge in [-0.15, -0.1) is 0 Å². The minimum absolute atomic E-state index is 0.235. The van der Waals surface area contributed by atoms with Gasteiger partial charge in [0.25, 0.3) is 0 Å². The third-order valence-corrected chi connectivity index (χ3v) is 4.50. The van der Waals surface area contributed by atoms with Crippen molar-refractivity contribution in [3.8, 4) is 0 Å². The number of hydrogen-bond acceptors (Lipinski definition) is 4. The molecule has 0 saturated carbocycles. The van der Waals surface area contributed by atoms with E-state index < -0.39 is 10.0 Å². The van der Waals surface area contributed by atoms with Gasteiger partial charge in [0.05, 0.1) is 6.20 Å². The van der Waals surface area contributed by atoms with Crippen molar-refractivity contribution in [1.29, 1.82) is 0 Å². The molecule has 0 bridgehead atoms. The standard InChI is InChI=1S/C8H14N4O2S/c1-9-7-2-3-12(6-7)15(13,14)8-4-10-11-5-8/h4-5,7,9H,2-3,6H2,1H3,(H,10,11). The molecule has 1 unspecified atom stereocenters. The maximum Gasteiger partial charge on any atom is 0.246 e. The quantitative estimate of drug-likeness (QED) is 0.726. The van der Waals surface area contributed by atoms with Crippen molar-refractivity contribution in [3.63, 3.8) is 0 Å². The number of nitrogens with zero attached hydrogens (tertiary/aromatic N) is 2. The van der Waals surface area contributed by atoms with Crippen molar-refractivity contribution < 1.29 is 8.42 Å². The second kappa shape index (κ2) is 3.92. The first-order chi connectivity index (χ1) is 7.14. The Hall–Kier alpha value is -0.920. The minimum atomic E-state index is -3.34. The number of nitrogens with one attached hydrogen (secondary N) is 2. The fourth-order valence-electron chi connectivity index (χ4n) is 1.71. The molecular formula is C8H14N4O2S. The van der Waals surface area contributed by atoms with Gasteiger partial charge in [0, 0.05) is 25.3 Å². The highest BCUT2D eigenvalue weighted by Gasteiger charge is 2.32. The summed E-state index contributed by atoms with van der Waals surface area (Å²) in [6.45, 7) is 1.10. The molecule has 1 fully saturated rings. The molecule has 15 heavy (non-hydrogen) atoms. The third kappa shape index (κ3) is 1.90. The molecule has 6 nitrogen and oxygen atoms in total. The molecule has 1 aromatic rings. The zero-order valence-electron chi connectivity index (χ0n) is 8.47. The van der Waals surface area contributed by atoms with Gasteiger partial charge in [-0.05, 0) is 13.5 Å². The van der Waals surface area contributed by atoms with Crippen LogP contribution in [0.2, 0.25) is 0 Å². The lowest BCUT2D eigenvalue weighted by Crippen LogP contribution is -2.33. The second-order valence-electron chi connectivity index (χ2n) is 3.57. The van der Waals surface area contributed by atoms with Crippen molar-refractivity contribution in [1.82, 2.24) is 19.8 Å². The Morgan fingerprint density at radius 2 is 2.47 bits per heavy atom. The average Bonchev–Trinajstić information content (AvgIpc) is 2.89. The van der Waals surface area contributed by atoms with Crippen molar-refractivity contribution in [2.45, 2.75) is 17.4 Å². The van der Waals surface area contributed by atoms with Crippen molar-refractivity contribution in [3.05, 3.63) is 12.4 Å². The van der Waals surface area contributed by atoms with Gasteiger partial charge in [-0.1, -0.05) is 0 Å². The van der Waals surface area contributed by atoms with Gasteiger partial charge in [0.1, 0.15) is 4.90 Å². The highest BCUT2D eigenvalue weighted by molar-refractivity contribution is 7.89. The molecule has 1 aliphatic heterocycles. The van der Waals surface area contributed by atoms with E-state index in [-0.39, 0.29) is 10.9 Å². The van der Waals surface area contributed by atoms with E-state index in [0.29, 0.717) is 13.1 Å². The Balaban J connectivity index is 2.18. The Morgan fingerprint density at radius 1 is 1.67 bits per heavy atom. The van der Waals surface area contributed by atoms with Crippen LogP contribution in [0.5, 0.6) is 0 Å². The number of likely N-dealkylation sites (N-methyl/N-ethyl adjacent to an activating group) is 1. The van der Waals surface area contributed by atoms with E-state index in [2.05, 4.69) is 15.5 Å². The van der Waals surface area contributed by atoms with Crippen LogP contribution in [-0.4, -0.2) is 49.1 Å². The van der Waals surface area contributed by atoms with Crippen LogP contribution in [0.4, 0.5) is 0 Å². The smallest absolute Gasteiger partial charge is 0.246 e. The van der Waals surface area contributed by atoms with E-state index in [1.54, 1.807) is 0 Å². The summed E-state index contributed by atoms with van der Waals surface area (Å²) < 4.78 is 25.5. The molecule has 84 valence electrons. The third-order valence-electron chi connectivity index (χ3n) is 2.67. The van der Waals surface area contributed by atoms with Crippen molar-refractivity contribution in [2.75, 3.05) is 20.1 Å². The monoisotopic (exact) mass is 230 g/mol. The van der Waals surface area contributed by atoms with E-state index in [0.717, 1.165) is 6.42 Å². The van der Waals surface area contributed by atoms with Gasteiger partial charge >= 0.3 is 0 Å². The predicted octanol–water partition coefficient (Wildman–Crippen LogP) is -0.608. The van der Waals surface area contributed by atoms with E-state index in [1.807, 2.05) is 7.05 Å². The van der Waals surface area contributed by atoms with Crippen LogP contribution in [0.3, 0.4) is 0 Å². The molecule has 1 atom stereocenters. The number of hydrogen-bond donors (Lipinski definition) is 2. The highest BCUT2D eigenvalue weighted by Crippen LogP contribution is 2.19. The minimum Gasteiger partial charge on any atom is -0.316 e. The largest absolute Gasteiger partial charge is 0.316 e. The molecule has 0 aromatic carbocycles. The predicted molar refractivity (Wildman–Crippen MR) is 54.8 cm³/mol. The van der Waals surface area contributed by atoms with Gasteiger partial charge in [0.15, 0.2) is 0 Å². The van der Waals surface area contributed by atoms with Gasteiger partial charge in [-0.3, -0.25) is 5.10 Å². The first-order valence-electron chi connectivity index (χ1n) is 4.81. The summed E-state index contributed by atoms with van der Waals surface area (Å²) in [5.41, 5.74) is 0. The van der Waals surface area contributed by atoms with E-state index in [9.17, 15) is 8.42 Å². The maximum absolute atomic E-state index is 12.0. The van der Waals surface area contributed by atoms with Crippen LogP contribution < -0.4 is 5.32 Å². The summed E-state index contributed by atoms with van der Waals surface area (Å²) in [5.74, 6) is 0. The molecule has 1 saturated heterocycles. The molecule has 2 heterocycles. The summed E-state index contributed by atoms with van der Waals surface area (Å²) in [6.07, 6.45) is 3.59. The fraction of sp³-hybridized carbons (Fsp3) is 0.625. The average molecular weight is 230 g/mol.